The van der Waals surface area contributed by atoms with Crippen molar-refractivity contribution in [3.05, 3.63) is 18.5 Å². The normalized spacial score (nSPS) is 17.8. The molecular weight excluding hydrogens is 238 g/mol. The molecule has 1 atom stereocenters. The smallest absolute Gasteiger partial charge is 0.236 e. The summed E-state index contributed by atoms with van der Waals surface area (Å²) in [7, 11) is 0. The van der Waals surface area contributed by atoms with Gasteiger partial charge >= 0.3 is 0 Å². The van der Waals surface area contributed by atoms with E-state index < -0.39 is 0 Å². The van der Waals surface area contributed by atoms with E-state index >= 15 is 0 Å². The third-order valence-electron chi connectivity index (χ3n) is 2.49. The van der Waals surface area contributed by atoms with Crippen LogP contribution in [0.4, 0.5) is 0 Å². The number of morpholine rings is 1. The molecule has 0 N–H and O–H groups in total. The van der Waals surface area contributed by atoms with Crippen molar-refractivity contribution in [1.29, 1.82) is 0 Å². The van der Waals surface area contributed by atoms with Gasteiger partial charge in [0.25, 0.3) is 0 Å². The molecule has 17 heavy (non-hydrogen) atoms. The van der Waals surface area contributed by atoms with Crippen molar-refractivity contribution >= 4 is 17.7 Å². The maximum Gasteiger partial charge on any atom is 0.236 e. The molecule has 6 heteroatoms. The van der Waals surface area contributed by atoms with Gasteiger partial charge in [-0.3, -0.25) is 4.79 Å². The summed E-state index contributed by atoms with van der Waals surface area (Å²) in [6.45, 7) is 4.51. The van der Waals surface area contributed by atoms with Crippen LogP contribution in [0.5, 0.6) is 0 Å². The first kappa shape index (κ1) is 12.3. The van der Waals surface area contributed by atoms with Gasteiger partial charge in [-0.05, 0) is 13.0 Å². The fraction of sp³-hybridized carbons (Fsp3) is 0.545. The van der Waals surface area contributed by atoms with Crippen LogP contribution in [0.25, 0.3) is 0 Å². The van der Waals surface area contributed by atoms with Crippen molar-refractivity contribution in [1.82, 2.24) is 14.9 Å². The van der Waals surface area contributed by atoms with Crippen LogP contribution in [0.1, 0.15) is 6.92 Å². The third kappa shape index (κ3) is 3.41. The fourth-order valence-corrected chi connectivity index (χ4v) is 2.41. The first-order chi connectivity index (χ1) is 8.27. The first-order valence-corrected chi connectivity index (χ1v) is 6.45. The molecule has 0 spiro atoms. The van der Waals surface area contributed by atoms with Crippen LogP contribution in [0.15, 0.2) is 23.6 Å². The summed E-state index contributed by atoms with van der Waals surface area (Å²) in [5.41, 5.74) is 0. The Hall–Kier alpha value is -1.14. The molecule has 2 rings (SSSR count). The van der Waals surface area contributed by atoms with Gasteiger partial charge < -0.3 is 9.64 Å². The lowest BCUT2D eigenvalue weighted by Crippen LogP contribution is -2.44. The van der Waals surface area contributed by atoms with E-state index in [-0.39, 0.29) is 11.2 Å². The molecule has 1 amide bonds. The quantitative estimate of drug-likeness (QED) is 0.589. The van der Waals surface area contributed by atoms with Gasteiger partial charge in [-0.25, -0.2) is 9.97 Å². The van der Waals surface area contributed by atoms with Crippen LogP contribution in [-0.4, -0.2) is 52.3 Å². The predicted molar refractivity (Wildman–Crippen MR) is 64.8 cm³/mol. The highest BCUT2D eigenvalue weighted by molar-refractivity contribution is 8.00. The standard InChI is InChI=1S/C11H15N3O2S/c1-9(17-11-12-3-2-4-13-11)10(15)14-5-7-16-8-6-14/h2-4,9H,5-8H2,1H3. The second-order valence-corrected chi connectivity index (χ2v) is 5.04. The highest BCUT2D eigenvalue weighted by Gasteiger charge is 2.23. The Morgan fingerprint density at radius 1 is 1.41 bits per heavy atom. The number of aromatic nitrogens is 2. The van der Waals surface area contributed by atoms with Crippen molar-refractivity contribution in [3.8, 4) is 0 Å². The van der Waals surface area contributed by atoms with E-state index in [1.54, 1.807) is 18.5 Å². The number of hydrogen-bond donors (Lipinski definition) is 0. The Morgan fingerprint density at radius 3 is 2.71 bits per heavy atom. The summed E-state index contributed by atoms with van der Waals surface area (Å²) >= 11 is 1.39. The van der Waals surface area contributed by atoms with Crippen LogP contribution in [0.3, 0.4) is 0 Å². The van der Waals surface area contributed by atoms with Crippen molar-refractivity contribution < 1.29 is 9.53 Å². The van der Waals surface area contributed by atoms with Crippen LogP contribution < -0.4 is 0 Å². The maximum atomic E-state index is 12.1. The number of carbonyl (C=O) groups excluding carboxylic acids is 1. The Labute approximate surface area is 105 Å². The van der Waals surface area contributed by atoms with Gasteiger partial charge in [0.2, 0.25) is 5.91 Å². The molecule has 0 saturated carbocycles. The van der Waals surface area contributed by atoms with Crippen LogP contribution >= 0.6 is 11.8 Å². The van der Waals surface area contributed by atoms with E-state index in [0.717, 1.165) is 0 Å². The second-order valence-electron chi connectivity index (χ2n) is 3.73. The van der Waals surface area contributed by atoms with E-state index in [2.05, 4.69) is 9.97 Å². The topological polar surface area (TPSA) is 55.3 Å². The molecule has 0 radical (unpaired) electrons. The highest BCUT2D eigenvalue weighted by atomic mass is 32.2. The van der Waals surface area contributed by atoms with Gasteiger partial charge in [0, 0.05) is 25.5 Å². The fourth-order valence-electron chi connectivity index (χ4n) is 1.60. The molecule has 1 aliphatic rings. The van der Waals surface area contributed by atoms with Crippen LogP contribution in [-0.2, 0) is 9.53 Å². The van der Waals surface area contributed by atoms with Gasteiger partial charge in [0.05, 0.1) is 18.5 Å². The molecular formula is C11H15N3O2S. The van der Waals surface area contributed by atoms with Gasteiger partial charge in [-0.1, -0.05) is 11.8 Å². The zero-order valence-corrected chi connectivity index (χ0v) is 10.5. The minimum absolute atomic E-state index is 0.130. The number of ether oxygens (including phenoxy) is 1. The lowest BCUT2D eigenvalue weighted by atomic mass is 10.3. The molecule has 0 aliphatic carbocycles. The van der Waals surface area contributed by atoms with Crippen LogP contribution in [0.2, 0.25) is 0 Å². The monoisotopic (exact) mass is 253 g/mol. The summed E-state index contributed by atoms with van der Waals surface area (Å²) in [6, 6.07) is 1.76. The van der Waals surface area contributed by atoms with E-state index in [1.807, 2.05) is 11.8 Å². The van der Waals surface area contributed by atoms with Gasteiger partial charge in [-0.15, -0.1) is 0 Å². The van der Waals surface area contributed by atoms with Crippen molar-refractivity contribution in [3.63, 3.8) is 0 Å². The molecule has 1 aromatic rings. The van der Waals surface area contributed by atoms with Crippen molar-refractivity contribution in [2.24, 2.45) is 0 Å². The number of hydrogen-bond acceptors (Lipinski definition) is 5. The lowest BCUT2D eigenvalue weighted by Gasteiger charge is -2.28. The summed E-state index contributed by atoms with van der Waals surface area (Å²) in [4.78, 5) is 22.1. The zero-order chi connectivity index (χ0) is 12.1. The molecule has 0 aromatic carbocycles. The maximum absolute atomic E-state index is 12.1. The number of amides is 1. The van der Waals surface area contributed by atoms with E-state index in [4.69, 9.17) is 4.74 Å². The first-order valence-electron chi connectivity index (χ1n) is 5.57. The van der Waals surface area contributed by atoms with Gasteiger partial charge in [-0.2, -0.15) is 0 Å². The molecule has 1 aromatic heterocycles. The molecule has 1 aliphatic heterocycles. The number of nitrogens with zero attached hydrogens (tertiary/aromatic N) is 3. The van der Waals surface area contributed by atoms with Crippen molar-refractivity contribution in [2.45, 2.75) is 17.3 Å². The Kier molecular flexibility index (Phi) is 4.33. The van der Waals surface area contributed by atoms with Gasteiger partial charge in [0.15, 0.2) is 5.16 Å². The number of thioether (sulfide) groups is 1. The summed E-state index contributed by atoms with van der Waals surface area (Å²) < 4.78 is 5.22. The largest absolute Gasteiger partial charge is 0.378 e. The van der Waals surface area contributed by atoms with Crippen molar-refractivity contribution in [2.75, 3.05) is 26.3 Å². The summed E-state index contributed by atoms with van der Waals surface area (Å²) in [5.74, 6) is 0.130. The molecule has 1 saturated heterocycles. The lowest BCUT2D eigenvalue weighted by molar-refractivity contribution is -0.134. The van der Waals surface area contributed by atoms with E-state index in [0.29, 0.717) is 31.5 Å². The Bertz CT molecular complexity index is 368. The minimum atomic E-state index is -0.157. The highest BCUT2D eigenvalue weighted by Crippen LogP contribution is 2.20. The average Bonchev–Trinajstić information content (AvgIpc) is 2.40. The Morgan fingerprint density at radius 2 is 2.06 bits per heavy atom. The molecule has 2 heterocycles. The molecule has 1 unspecified atom stereocenters. The number of rotatable bonds is 3. The summed E-state index contributed by atoms with van der Waals surface area (Å²) in [5, 5.41) is 0.483. The van der Waals surface area contributed by atoms with Gasteiger partial charge in [0.1, 0.15) is 0 Å². The molecule has 92 valence electrons. The third-order valence-corrected chi connectivity index (χ3v) is 3.47. The SMILES string of the molecule is CC(Sc1ncccn1)C(=O)N1CCOCC1. The van der Waals surface area contributed by atoms with Crippen LogP contribution in [0, 0.1) is 0 Å². The molecule has 5 nitrogen and oxygen atoms in total. The molecule has 0 bridgehead atoms. The zero-order valence-electron chi connectivity index (χ0n) is 9.70. The van der Waals surface area contributed by atoms with E-state index in [1.165, 1.54) is 11.8 Å². The number of carbonyl (C=O) groups is 1. The minimum Gasteiger partial charge on any atom is -0.378 e. The van der Waals surface area contributed by atoms with E-state index in [9.17, 15) is 4.79 Å². The second kappa shape index (κ2) is 5.97. The summed E-state index contributed by atoms with van der Waals surface area (Å²) in [6.07, 6.45) is 3.36. The average molecular weight is 253 g/mol. The molecule has 1 fully saturated rings. The Balaban J connectivity index is 1.90. The predicted octanol–water partition coefficient (Wildman–Crippen LogP) is 0.816.